The minimum atomic E-state index is -0.302. The number of hydrogen-bond acceptors (Lipinski definition) is 5. The summed E-state index contributed by atoms with van der Waals surface area (Å²) in [5.74, 6) is -0.274. The van der Waals surface area contributed by atoms with Crippen LogP contribution < -0.4 is 10.6 Å². The van der Waals surface area contributed by atoms with E-state index >= 15 is 0 Å². The second kappa shape index (κ2) is 12.8. The lowest BCUT2D eigenvalue weighted by molar-refractivity contribution is -0.123. The Balaban J connectivity index is 1.57. The van der Waals surface area contributed by atoms with Crippen LogP contribution in [0.1, 0.15) is 66.9 Å². The number of ketones is 1. The van der Waals surface area contributed by atoms with Crippen LogP contribution in [-0.4, -0.2) is 60.9 Å². The molecule has 176 valence electrons. The molecule has 3 amide bonds. The lowest BCUT2D eigenvalue weighted by atomic mass is 9.99. The van der Waals surface area contributed by atoms with Gasteiger partial charge in [0.15, 0.2) is 5.78 Å². The Bertz CT molecular complexity index is 816. The van der Waals surface area contributed by atoms with E-state index in [9.17, 15) is 19.2 Å². The van der Waals surface area contributed by atoms with Crippen molar-refractivity contribution in [1.82, 2.24) is 15.5 Å². The third-order valence-corrected chi connectivity index (χ3v) is 5.56. The Kier molecular flexibility index (Phi) is 10.2. The molecule has 2 N–H and O–H groups in total. The van der Waals surface area contributed by atoms with Crippen molar-refractivity contribution < 1.29 is 23.9 Å². The minimum absolute atomic E-state index is 0.0327. The van der Waals surface area contributed by atoms with Gasteiger partial charge in [-0.05, 0) is 51.7 Å². The van der Waals surface area contributed by atoms with Crippen LogP contribution in [0.4, 0.5) is 4.79 Å². The molecule has 1 aromatic rings. The SMILES string of the molecule is CCOC(=O)N1CCC(NC(=O)CCCNC(=O)CCC(=O)c2cc(C)ccc2C)CC1. The quantitative estimate of drug-likeness (QED) is 0.426. The molecule has 1 fully saturated rings. The van der Waals surface area contributed by atoms with Crippen molar-refractivity contribution in [2.75, 3.05) is 26.2 Å². The van der Waals surface area contributed by atoms with Gasteiger partial charge in [-0.1, -0.05) is 17.7 Å². The first-order valence-electron chi connectivity index (χ1n) is 11.4. The highest BCUT2D eigenvalue weighted by Gasteiger charge is 2.24. The van der Waals surface area contributed by atoms with Crippen LogP contribution in [-0.2, 0) is 14.3 Å². The van der Waals surface area contributed by atoms with Gasteiger partial charge in [0, 0.05) is 50.5 Å². The number of nitrogens with one attached hydrogen (secondary N) is 2. The molecule has 1 aromatic carbocycles. The fourth-order valence-electron chi connectivity index (χ4n) is 3.68. The molecule has 0 unspecified atom stereocenters. The molecule has 1 saturated heterocycles. The van der Waals surface area contributed by atoms with Crippen molar-refractivity contribution >= 4 is 23.7 Å². The fraction of sp³-hybridized carbons (Fsp3) is 0.583. The summed E-state index contributed by atoms with van der Waals surface area (Å²) in [5.41, 5.74) is 2.60. The molecule has 1 aliphatic heterocycles. The van der Waals surface area contributed by atoms with Crippen LogP contribution in [0.5, 0.6) is 0 Å². The van der Waals surface area contributed by atoms with Gasteiger partial charge < -0.3 is 20.3 Å². The molecular weight excluding hydrogens is 410 g/mol. The first kappa shape index (κ1) is 25.4. The maximum absolute atomic E-state index is 12.4. The van der Waals surface area contributed by atoms with Crippen LogP contribution in [0.25, 0.3) is 0 Å². The highest BCUT2D eigenvalue weighted by Crippen LogP contribution is 2.14. The van der Waals surface area contributed by atoms with E-state index in [-0.39, 0.29) is 42.6 Å². The van der Waals surface area contributed by atoms with Gasteiger partial charge >= 0.3 is 6.09 Å². The second-order valence-electron chi connectivity index (χ2n) is 8.22. The number of amides is 3. The number of nitrogens with zero attached hydrogens (tertiary/aromatic N) is 1. The molecule has 0 spiro atoms. The van der Waals surface area contributed by atoms with Gasteiger partial charge in [0.05, 0.1) is 6.61 Å². The largest absolute Gasteiger partial charge is 0.450 e. The fourth-order valence-corrected chi connectivity index (χ4v) is 3.68. The number of Topliss-reactive ketones (excluding diaryl/α,β-unsaturated/α-hetero) is 1. The normalized spacial score (nSPS) is 14.0. The highest BCUT2D eigenvalue weighted by molar-refractivity contribution is 5.99. The number of likely N-dealkylation sites (tertiary alicyclic amines) is 1. The average molecular weight is 446 g/mol. The van der Waals surface area contributed by atoms with Crippen LogP contribution in [0.2, 0.25) is 0 Å². The molecule has 8 nitrogen and oxygen atoms in total. The van der Waals surface area contributed by atoms with Crippen molar-refractivity contribution in [3.8, 4) is 0 Å². The van der Waals surface area contributed by atoms with E-state index in [0.29, 0.717) is 57.5 Å². The predicted octanol–water partition coefficient (Wildman–Crippen LogP) is 2.90. The molecule has 0 aromatic heterocycles. The monoisotopic (exact) mass is 445 g/mol. The zero-order valence-corrected chi connectivity index (χ0v) is 19.4. The van der Waals surface area contributed by atoms with Crippen molar-refractivity contribution in [1.29, 1.82) is 0 Å². The number of piperidine rings is 1. The molecule has 1 aliphatic rings. The summed E-state index contributed by atoms with van der Waals surface area (Å²) in [6.45, 7) is 7.49. The third-order valence-electron chi connectivity index (χ3n) is 5.56. The molecule has 0 saturated carbocycles. The molecule has 0 bridgehead atoms. The summed E-state index contributed by atoms with van der Waals surface area (Å²) in [5, 5.41) is 5.77. The number of rotatable bonds is 10. The van der Waals surface area contributed by atoms with Crippen molar-refractivity contribution in [2.24, 2.45) is 0 Å². The first-order chi connectivity index (χ1) is 15.3. The van der Waals surface area contributed by atoms with Crippen molar-refractivity contribution in [3.63, 3.8) is 0 Å². The number of benzene rings is 1. The molecule has 0 atom stereocenters. The molecule has 1 heterocycles. The van der Waals surface area contributed by atoms with E-state index in [0.717, 1.165) is 11.1 Å². The summed E-state index contributed by atoms with van der Waals surface area (Å²) in [6.07, 6.45) is 2.26. The Morgan fingerprint density at radius 2 is 1.75 bits per heavy atom. The Hall–Kier alpha value is -2.90. The van der Waals surface area contributed by atoms with E-state index in [1.807, 2.05) is 32.0 Å². The summed E-state index contributed by atoms with van der Waals surface area (Å²) in [6, 6.07) is 5.78. The van der Waals surface area contributed by atoms with Crippen LogP contribution >= 0.6 is 0 Å². The van der Waals surface area contributed by atoms with E-state index in [1.165, 1.54) is 0 Å². The summed E-state index contributed by atoms with van der Waals surface area (Å²) >= 11 is 0. The average Bonchev–Trinajstić information content (AvgIpc) is 2.77. The molecular formula is C24H35N3O5. The second-order valence-corrected chi connectivity index (χ2v) is 8.22. The maximum Gasteiger partial charge on any atom is 0.409 e. The van der Waals surface area contributed by atoms with Gasteiger partial charge in [-0.3, -0.25) is 14.4 Å². The number of aryl methyl sites for hydroxylation is 2. The van der Waals surface area contributed by atoms with E-state index in [4.69, 9.17) is 4.74 Å². The number of carbonyl (C=O) groups is 4. The maximum atomic E-state index is 12.4. The van der Waals surface area contributed by atoms with Crippen molar-refractivity contribution in [3.05, 3.63) is 34.9 Å². The predicted molar refractivity (Wildman–Crippen MR) is 121 cm³/mol. The number of hydrogen-bond donors (Lipinski definition) is 2. The van der Waals surface area contributed by atoms with Crippen LogP contribution in [0, 0.1) is 13.8 Å². The summed E-state index contributed by atoms with van der Waals surface area (Å²) in [4.78, 5) is 49.9. The van der Waals surface area contributed by atoms with Gasteiger partial charge in [0.2, 0.25) is 11.8 Å². The highest BCUT2D eigenvalue weighted by atomic mass is 16.6. The molecule has 8 heteroatoms. The summed E-state index contributed by atoms with van der Waals surface area (Å²) in [7, 11) is 0. The van der Waals surface area contributed by atoms with Gasteiger partial charge in [-0.25, -0.2) is 4.79 Å². The molecule has 0 aliphatic carbocycles. The van der Waals surface area contributed by atoms with Crippen LogP contribution in [0.15, 0.2) is 18.2 Å². The topological polar surface area (TPSA) is 105 Å². The van der Waals surface area contributed by atoms with Crippen molar-refractivity contribution in [2.45, 2.75) is 65.3 Å². The number of carbonyl (C=O) groups excluding carboxylic acids is 4. The summed E-state index contributed by atoms with van der Waals surface area (Å²) < 4.78 is 4.99. The molecule has 0 radical (unpaired) electrons. The first-order valence-corrected chi connectivity index (χ1v) is 11.4. The zero-order chi connectivity index (χ0) is 23.5. The minimum Gasteiger partial charge on any atom is -0.450 e. The molecule has 32 heavy (non-hydrogen) atoms. The third kappa shape index (κ3) is 8.32. The standard InChI is InChI=1S/C24H35N3O5/c1-4-32-24(31)27-14-11-19(12-15-27)26-23(30)6-5-13-25-22(29)10-9-21(28)20-16-17(2)7-8-18(20)3/h7-8,16,19H,4-6,9-15H2,1-3H3,(H,25,29)(H,26,30). The Morgan fingerprint density at radius 3 is 2.44 bits per heavy atom. The zero-order valence-electron chi connectivity index (χ0n) is 19.4. The van der Waals surface area contributed by atoms with E-state index in [2.05, 4.69) is 10.6 Å². The van der Waals surface area contributed by atoms with Gasteiger partial charge in [-0.2, -0.15) is 0 Å². The van der Waals surface area contributed by atoms with Gasteiger partial charge in [0.1, 0.15) is 0 Å². The lowest BCUT2D eigenvalue weighted by Crippen LogP contribution is -2.46. The smallest absolute Gasteiger partial charge is 0.409 e. The van der Waals surface area contributed by atoms with E-state index < -0.39 is 0 Å². The lowest BCUT2D eigenvalue weighted by Gasteiger charge is -2.31. The number of ether oxygens (including phenoxy) is 1. The Labute approximate surface area is 190 Å². The van der Waals surface area contributed by atoms with Gasteiger partial charge in [-0.15, -0.1) is 0 Å². The Morgan fingerprint density at radius 1 is 1.03 bits per heavy atom. The molecule has 2 rings (SSSR count). The van der Waals surface area contributed by atoms with Crippen LogP contribution in [0.3, 0.4) is 0 Å². The van der Waals surface area contributed by atoms with Gasteiger partial charge in [0.25, 0.3) is 0 Å². The van der Waals surface area contributed by atoms with E-state index in [1.54, 1.807) is 11.8 Å².